The molecule has 0 atom stereocenters. The van der Waals surface area contributed by atoms with Crippen LogP contribution in [0.25, 0.3) is 11.1 Å². The van der Waals surface area contributed by atoms with Crippen molar-refractivity contribution in [2.45, 2.75) is 26.4 Å². The molecule has 0 radical (unpaired) electrons. The van der Waals surface area contributed by atoms with E-state index in [0.29, 0.717) is 16.9 Å². The fraction of sp³-hybridized carbons (Fsp3) is 0.263. The number of esters is 1. The smallest absolute Gasteiger partial charge is 0.338 e. The highest BCUT2D eigenvalue weighted by Gasteiger charge is 2.17. The number of rotatable bonds is 4. The molecule has 2 aromatic carbocycles. The van der Waals surface area contributed by atoms with Crippen molar-refractivity contribution in [3.8, 4) is 16.9 Å². The second-order valence-corrected chi connectivity index (χ2v) is 6.15. The minimum absolute atomic E-state index is 0.354. The van der Waals surface area contributed by atoms with E-state index in [9.17, 15) is 9.59 Å². The van der Waals surface area contributed by atoms with Gasteiger partial charge in [-0.25, -0.2) is 4.79 Å². The van der Waals surface area contributed by atoms with Gasteiger partial charge in [-0.15, -0.1) is 0 Å². The molecule has 0 saturated heterocycles. The van der Waals surface area contributed by atoms with Crippen molar-refractivity contribution in [1.82, 2.24) is 0 Å². The first kappa shape index (κ1) is 16.7. The first-order valence-electron chi connectivity index (χ1n) is 7.31. The van der Waals surface area contributed by atoms with Gasteiger partial charge in [0, 0.05) is 0 Å². The Balaban J connectivity index is 2.26. The van der Waals surface area contributed by atoms with Crippen molar-refractivity contribution in [2.75, 3.05) is 7.11 Å². The number of methoxy groups -OCH3 is 1. The summed E-state index contributed by atoms with van der Waals surface area (Å²) in [6.07, 6.45) is 0.761. The van der Waals surface area contributed by atoms with E-state index in [-0.39, 0.29) is 5.97 Å². The number of hydrogen-bond acceptors (Lipinski definition) is 4. The molecular weight excluding hydrogens is 292 g/mol. The third-order valence-electron chi connectivity index (χ3n) is 3.21. The summed E-state index contributed by atoms with van der Waals surface area (Å²) in [5.74, 6) is 0.182. The molecule has 4 nitrogen and oxygen atoms in total. The monoisotopic (exact) mass is 312 g/mol. The number of ether oxygens (including phenoxy) is 2. The van der Waals surface area contributed by atoms with E-state index >= 15 is 0 Å². The van der Waals surface area contributed by atoms with Gasteiger partial charge in [-0.2, -0.15) is 0 Å². The summed E-state index contributed by atoms with van der Waals surface area (Å²) in [4.78, 5) is 23.1. The summed E-state index contributed by atoms with van der Waals surface area (Å²) in [5.41, 5.74) is 2.24. The van der Waals surface area contributed by atoms with Crippen LogP contribution in [0, 0.1) is 0 Å². The van der Waals surface area contributed by atoms with E-state index in [2.05, 4.69) is 0 Å². The highest BCUT2D eigenvalue weighted by atomic mass is 16.6. The maximum atomic E-state index is 12.0. The van der Waals surface area contributed by atoms with Gasteiger partial charge in [0.1, 0.15) is 11.4 Å². The first-order valence-corrected chi connectivity index (χ1v) is 7.31. The molecule has 0 saturated carbocycles. The third-order valence-corrected chi connectivity index (χ3v) is 3.21. The minimum Gasteiger partial charge on any atom is -0.496 e. The Bertz CT molecular complexity index is 709. The number of aldehydes is 1. The lowest BCUT2D eigenvalue weighted by atomic mass is 10.0. The second kappa shape index (κ2) is 6.65. The molecule has 120 valence electrons. The first-order chi connectivity index (χ1) is 10.8. The van der Waals surface area contributed by atoms with Gasteiger partial charge < -0.3 is 9.47 Å². The molecule has 4 heteroatoms. The van der Waals surface area contributed by atoms with Crippen molar-refractivity contribution in [3.05, 3.63) is 53.6 Å². The quantitative estimate of drug-likeness (QED) is 0.629. The molecule has 0 amide bonds. The molecular formula is C19H20O4. The predicted molar refractivity (Wildman–Crippen MR) is 89.0 cm³/mol. The predicted octanol–water partition coefficient (Wildman–Crippen LogP) is 4.13. The summed E-state index contributed by atoms with van der Waals surface area (Å²) in [6.45, 7) is 5.49. The topological polar surface area (TPSA) is 52.6 Å². The molecule has 0 bridgehead atoms. The van der Waals surface area contributed by atoms with E-state index in [0.717, 1.165) is 17.4 Å². The number of benzene rings is 2. The molecule has 0 aliphatic carbocycles. The standard InChI is InChI=1S/C19H20O4/c1-19(2,3)23-18(21)14-7-5-13(6-8-14)15-9-10-17(22-4)16(11-15)12-20/h5-12H,1-4H3. The molecule has 2 aromatic rings. The molecule has 0 spiro atoms. The van der Waals surface area contributed by atoms with Crippen molar-refractivity contribution in [2.24, 2.45) is 0 Å². The second-order valence-electron chi connectivity index (χ2n) is 6.15. The molecule has 0 heterocycles. The van der Waals surface area contributed by atoms with Crippen LogP contribution >= 0.6 is 0 Å². The Morgan fingerprint density at radius 2 is 1.61 bits per heavy atom. The Kier molecular flexibility index (Phi) is 4.84. The van der Waals surface area contributed by atoms with E-state index in [1.807, 2.05) is 39.0 Å². The SMILES string of the molecule is COc1ccc(-c2ccc(C(=O)OC(C)(C)C)cc2)cc1C=O. The lowest BCUT2D eigenvalue weighted by molar-refractivity contribution is 0.00695. The summed E-state index contributed by atoms with van der Waals surface area (Å²) in [6, 6.07) is 12.5. The molecule has 23 heavy (non-hydrogen) atoms. The van der Waals surface area contributed by atoms with Gasteiger partial charge in [-0.05, 0) is 56.2 Å². The van der Waals surface area contributed by atoms with Crippen molar-refractivity contribution in [3.63, 3.8) is 0 Å². The minimum atomic E-state index is -0.523. The summed E-state index contributed by atoms with van der Waals surface area (Å²) >= 11 is 0. The average molecular weight is 312 g/mol. The highest BCUT2D eigenvalue weighted by Crippen LogP contribution is 2.26. The molecule has 2 rings (SSSR count). The Hall–Kier alpha value is -2.62. The lowest BCUT2D eigenvalue weighted by Crippen LogP contribution is -2.23. The zero-order valence-corrected chi connectivity index (χ0v) is 13.8. The van der Waals surface area contributed by atoms with Gasteiger partial charge >= 0.3 is 5.97 Å². The Labute approximate surface area is 136 Å². The lowest BCUT2D eigenvalue weighted by Gasteiger charge is -2.19. The molecule has 0 N–H and O–H groups in total. The maximum absolute atomic E-state index is 12.0. The van der Waals surface area contributed by atoms with Crippen LogP contribution in [-0.2, 0) is 4.74 Å². The van der Waals surface area contributed by atoms with Gasteiger partial charge in [0.15, 0.2) is 6.29 Å². The van der Waals surface area contributed by atoms with E-state index < -0.39 is 5.60 Å². The largest absolute Gasteiger partial charge is 0.496 e. The molecule has 0 aliphatic rings. The van der Waals surface area contributed by atoms with Crippen LogP contribution in [0.1, 0.15) is 41.5 Å². The fourth-order valence-corrected chi connectivity index (χ4v) is 2.14. The van der Waals surface area contributed by atoms with Crippen LogP contribution in [0.5, 0.6) is 5.75 Å². The molecule has 0 aliphatic heterocycles. The van der Waals surface area contributed by atoms with Crippen LogP contribution in [0.4, 0.5) is 0 Å². The Morgan fingerprint density at radius 1 is 1.00 bits per heavy atom. The Morgan fingerprint density at radius 3 is 2.13 bits per heavy atom. The van der Waals surface area contributed by atoms with E-state index in [4.69, 9.17) is 9.47 Å². The summed E-state index contributed by atoms with van der Waals surface area (Å²) in [7, 11) is 1.53. The van der Waals surface area contributed by atoms with Crippen LogP contribution in [0.3, 0.4) is 0 Å². The van der Waals surface area contributed by atoms with E-state index in [1.54, 1.807) is 24.3 Å². The third kappa shape index (κ3) is 4.19. The highest BCUT2D eigenvalue weighted by molar-refractivity contribution is 5.90. The molecule has 0 unspecified atom stereocenters. The van der Waals surface area contributed by atoms with Crippen LogP contribution in [0.15, 0.2) is 42.5 Å². The number of carbonyl (C=O) groups excluding carboxylic acids is 2. The molecule has 0 fully saturated rings. The van der Waals surface area contributed by atoms with Crippen LogP contribution in [0.2, 0.25) is 0 Å². The summed E-state index contributed by atoms with van der Waals surface area (Å²) < 4.78 is 10.5. The van der Waals surface area contributed by atoms with Crippen molar-refractivity contribution in [1.29, 1.82) is 0 Å². The number of hydrogen-bond donors (Lipinski definition) is 0. The zero-order valence-electron chi connectivity index (χ0n) is 13.8. The van der Waals surface area contributed by atoms with Crippen LogP contribution < -0.4 is 4.74 Å². The normalized spacial score (nSPS) is 11.0. The van der Waals surface area contributed by atoms with E-state index in [1.165, 1.54) is 7.11 Å². The average Bonchev–Trinajstić information content (AvgIpc) is 2.52. The van der Waals surface area contributed by atoms with Gasteiger partial charge in [0.25, 0.3) is 0 Å². The van der Waals surface area contributed by atoms with Gasteiger partial charge in [-0.3, -0.25) is 4.79 Å². The fourth-order valence-electron chi connectivity index (χ4n) is 2.14. The van der Waals surface area contributed by atoms with Gasteiger partial charge in [-0.1, -0.05) is 18.2 Å². The zero-order chi connectivity index (χ0) is 17.0. The summed E-state index contributed by atoms with van der Waals surface area (Å²) in [5, 5.41) is 0. The van der Waals surface area contributed by atoms with Crippen molar-refractivity contribution < 1.29 is 19.1 Å². The van der Waals surface area contributed by atoms with Gasteiger partial charge in [0.05, 0.1) is 18.2 Å². The molecule has 0 aromatic heterocycles. The van der Waals surface area contributed by atoms with Gasteiger partial charge in [0.2, 0.25) is 0 Å². The maximum Gasteiger partial charge on any atom is 0.338 e. The van der Waals surface area contributed by atoms with Crippen LogP contribution in [-0.4, -0.2) is 25.0 Å². The number of carbonyl (C=O) groups is 2. The van der Waals surface area contributed by atoms with Crippen molar-refractivity contribution >= 4 is 12.3 Å².